The van der Waals surface area contributed by atoms with Gasteiger partial charge >= 0.3 is 12.0 Å². The molecule has 7 heteroatoms. The molecule has 0 radical (unpaired) electrons. The average Bonchev–Trinajstić information content (AvgIpc) is 2.83. The van der Waals surface area contributed by atoms with Gasteiger partial charge in [0.25, 0.3) is 5.91 Å². The van der Waals surface area contributed by atoms with Crippen molar-refractivity contribution in [2.45, 2.75) is 12.5 Å². The van der Waals surface area contributed by atoms with Gasteiger partial charge < -0.3 is 14.8 Å². The Hall–Kier alpha value is -2.31. The molecule has 0 aliphatic carbocycles. The Morgan fingerprint density at radius 2 is 2.29 bits per heavy atom. The minimum atomic E-state index is -1.26. The number of carboxylic acids is 1. The van der Waals surface area contributed by atoms with E-state index in [-0.39, 0.29) is 0 Å². The van der Waals surface area contributed by atoms with Gasteiger partial charge in [-0.3, -0.25) is 14.5 Å². The SMILES string of the molecule is CC1(c2ccoc2)NC(=O)N(CC(=O)O)C1=O. The molecule has 0 spiro atoms. The highest BCUT2D eigenvalue weighted by atomic mass is 16.4. The molecule has 1 aromatic rings. The number of furan rings is 1. The minimum Gasteiger partial charge on any atom is -0.480 e. The molecule has 1 aliphatic heterocycles. The van der Waals surface area contributed by atoms with Crippen molar-refractivity contribution in [1.29, 1.82) is 0 Å². The van der Waals surface area contributed by atoms with Crippen LogP contribution in [0.2, 0.25) is 0 Å². The Balaban J connectivity index is 2.32. The van der Waals surface area contributed by atoms with Crippen molar-refractivity contribution in [2.24, 2.45) is 0 Å². The Labute approximate surface area is 96.0 Å². The molecule has 1 atom stereocenters. The molecule has 1 saturated heterocycles. The third-order valence-electron chi connectivity index (χ3n) is 2.67. The van der Waals surface area contributed by atoms with Crippen molar-refractivity contribution in [3.8, 4) is 0 Å². The first-order valence-corrected chi connectivity index (χ1v) is 4.84. The van der Waals surface area contributed by atoms with Crippen LogP contribution in [-0.4, -0.2) is 34.5 Å². The highest BCUT2D eigenvalue weighted by Crippen LogP contribution is 2.28. The van der Waals surface area contributed by atoms with Gasteiger partial charge in [0.05, 0.1) is 12.5 Å². The summed E-state index contributed by atoms with van der Waals surface area (Å²) in [6.45, 7) is 0.845. The molecule has 7 nitrogen and oxygen atoms in total. The van der Waals surface area contributed by atoms with Crippen LogP contribution < -0.4 is 5.32 Å². The largest absolute Gasteiger partial charge is 0.480 e. The number of hydrogen-bond acceptors (Lipinski definition) is 4. The molecular weight excluding hydrogens is 228 g/mol. The molecule has 0 aromatic carbocycles. The Morgan fingerprint density at radius 1 is 1.59 bits per heavy atom. The third-order valence-corrected chi connectivity index (χ3v) is 2.67. The fourth-order valence-electron chi connectivity index (χ4n) is 1.72. The number of nitrogens with zero attached hydrogens (tertiary/aromatic N) is 1. The Bertz CT molecular complexity index is 481. The van der Waals surface area contributed by atoms with E-state index < -0.39 is 30.0 Å². The lowest BCUT2D eigenvalue weighted by molar-refractivity contribution is -0.142. The topological polar surface area (TPSA) is 99.8 Å². The summed E-state index contributed by atoms with van der Waals surface area (Å²) in [5.74, 6) is -1.85. The van der Waals surface area contributed by atoms with Gasteiger partial charge in [-0.1, -0.05) is 0 Å². The number of aliphatic carboxylic acids is 1. The van der Waals surface area contributed by atoms with Gasteiger partial charge in [0.2, 0.25) is 0 Å². The number of imide groups is 1. The van der Waals surface area contributed by atoms with E-state index >= 15 is 0 Å². The van der Waals surface area contributed by atoms with E-state index in [1.165, 1.54) is 19.5 Å². The van der Waals surface area contributed by atoms with E-state index in [4.69, 9.17) is 9.52 Å². The van der Waals surface area contributed by atoms with Gasteiger partial charge in [-0.25, -0.2) is 4.79 Å². The fourth-order valence-corrected chi connectivity index (χ4v) is 1.72. The molecule has 2 rings (SSSR count). The lowest BCUT2D eigenvalue weighted by Gasteiger charge is -2.19. The molecule has 2 N–H and O–H groups in total. The number of rotatable bonds is 3. The standard InChI is InChI=1S/C10H10N2O5/c1-10(6-2-3-17-5-6)8(15)12(4-7(13)14)9(16)11-10/h2-3,5H,4H2,1H3,(H,11,16)(H,13,14). The average molecular weight is 238 g/mol. The van der Waals surface area contributed by atoms with Crippen molar-refractivity contribution < 1.29 is 23.9 Å². The number of carboxylic acid groups (broad SMARTS) is 1. The number of hydrogen-bond donors (Lipinski definition) is 2. The van der Waals surface area contributed by atoms with E-state index in [0.717, 1.165) is 0 Å². The van der Waals surface area contributed by atoms with Crippen LogP contribution in [0.5, 0.6) is 0 Å². The third kappa shape index (κ3) is 1.65. The van der Waals surface area contributed by atoms with Crippen molar-refractivity contribution in [3.05, 3.63) is 24.2 Å². The molecule has 1 aromatic heterocycles. The number of nitrogens with one attached hydrogen (secondary N) is 1. The van der Waals surface area contributed by atoms with Gasteiger partial charge in [0.1, 0.15) is 12.1 Å². The molecule has 1 fully saturated rings. The van der Waals surface area contributed by atoms with E-state index in [1.54, 1.807) is 6.07 Å². The maximum Gasteiger partial charge on any atom is 0.325 e. The Morgan fingerprint density at radius 3 is 2.82 bits per heavy atom. The minimum absolute atomic E-state index is 0.476. The molecule has 3 amide bonds. The number of carbonyl (C=O) groups is 3. The summed E-state index contributed by atoms with van der Waals surface area (Å²) >= 11 is 0. The van der Waals surface area contributed by atoms with Gasteiger partial charge in [-0.15, -0.1) is 0 Å². The van der Waals surface area contributed by atoms with Crippen LogP contribution in [0, 0.1) is 0 Å². The van der Waals surface area contributed by atoms with Gasteiger partial charge in [-0.05, 0) is 13.0 Å². The van der Waals surface area contributed by atoms with E-state index in [1.807, 2.05) is 0 Å². The summed E-state index contributed by atoms with van der Waals surface area (Å²) in [6, 6.07) is 0.823. The molecule has 0 bridgehead atoms. The van der Waals surface area contributed by atoms with Crippen LogP contribution in [0.25, 0.3) is 0 Å². The molecule has 90 valence electrons. The number of amides is 3. The summed E-state index contributed by atoms with van der Waals surface area (Å²) in [7, 11) is 0. The molecule has 1 unspecified atom stereocenters. The second kappa shape index (κ2) is 3.62. The highest BCUT2D eigenvalue weighted by Gasteiger charge is 2.50. The lowest BCUT2D eigenvalue weighted by Crippen LogP contribution is -2.41. The lowest BCUT2D eigenvalue weighted by atomic mass is 9.95. The molecule has 0 saturated carbocycles. The summed E-state index contributed by atoms with van der Waals surface area (Å²) < 4.78 is 4.85. The highest BCUT2D eigenvalue weighted by molar-refractivity contribution is 6.08. The molecular formula is C10H10N2O5. The van der Waals surface area contributed by atoms with Gasteiger partial charge in [0.15, 0.2) is 0 Å². The van der Waals surface area contributed by atoms with Crippen molar-refractivity contribution in [1.82, 2.24) is 10.2 Å². The van der Waals surface area contributed by atoms with Crippen LogP contribution in [0.1, 0.15) is 12.5 Å². The molecule has 1 aliphatic rings. The first kappa shape index (κ1) is 11.2. The predicted molar refractivity (Wildman–Crippen MR) is 53.9 cm³/mol. The van der Waals surface area contributed by atoms with Crippen LogP contribution in [0.4, 0.5) is 4.79 Å². The molecule has 17 heavy (non-hydrogen) atoms. The normalized spacial score (nSPS) is 23.9. The maximum atomic E-state index is 12.0. The van der Waals surface area contributed by atoms with Crippen LogP contribution in [-0.2, 0) is 15.1 Å². The van der Waals surface area contributed by atoms with Crippen molar-refractivity contribution >= 4 is 17.9 Å². The quantitative estimate of drug-likeness (QED) is 0.729. The Kier molecular flexibility index (Phi) is 2.38. The maximum absolute atomic E-state index is 12.0. The van der Waals surface area contributed by atoms with Crippen molar-refractivity contribution in [2.75, 3.05) is 6.54 Å². The monoisotopic (exact) mass is 238 g/mol. The zero-order valence-electron chi connectivity index (χ0n) is 8.97. The fraction of sp³-hybridized carbons (Fsp3) is 0.300. The first-order chi connectivity index (χ1) is 7.95. The van der Waals surface area contributed by atoms with Crippen LogP contribution >= 0.6 is 0 Å². The number of carbonyl (C=O) groups excluding carboxylic acids is 2. The van der Waals surface area contributed by atoms with E-state index in [9.17, 15) is 14.4 Å². The summed E-state index contributed by atoms with van der Waals surface area (Å²) in [5, 5.41) is 11.1. The number of urea groups is 1. The van der Waals surface area contributed by atoms with E-state index in [0.29, 0.717) is 10.5 Å². The zero-order valence-corrected chi connectivity index (χ0v) is 8.97. The van der Waals surface area contributed by atoms with E-state index in [2.05, 4.69) is 5.32 Å². The second-order valence-corrected chi connectivity index (χ2v) is 3.85. The predicted octanol–water partition coefficient (Wildman–Crippen LogP) is 0.131. The molecule has 2 heterocycles. The first-order valence-electron chi connectivity index (χ1n) is 4.84. The second-order valence-electron chi connectivity index (χ2n) is 3.85. The van der Waals surface area contributed by atoms with Crippen LogP contribution in [0.3, 0.4) is 0 Å². The van der Waals surface area contributed by atoms with Crippen LogP contribution in [0.15, 0.2) is 23.0 Å². The summed E-state index contributed by atoms with van der Waals surface area (Å²) in [6.07, 6.45) is 2.71. The van der Waals surface area contributed by atoms with Gasteiger partial charge in [0, 0.05) is 5.56 Å². The van der Waals surface area contributed by atoms with Crippen molar-refractivity contribution in [3.63, 3.8) is 0 Å². The smallest absolute Gasteiger partial charge is 0.325 e. The zero-order chi connectivity index (χ0) is 12.6. The summed E-state index contributed by atoms with van der Waals surface area (Å²) in [4.78, 5) is 34.8. The summed E-state index contributed by atoms with van der Waals surface area (Å²) in [5.41, 5.74) is -0.789. The van der Waals surface area contributed by atoms with Gasteiger partial charge in [-0.2, -0.15) is 0 Å².